The highest BCUT2D eigenvalue weighted by Gasteiger charge is 2.28. The number of nitriles is 1. The summed E-state index contributed by atoms with van der Waals surface area (Å²) < 4.78 is 4.51. The highest BCUT2D eigenvalue weighted by Crippen LogP contribution is 2.28. The lowest BCUT2D eigenvalue weighted by atomic mass is 10.2. The highest BCUT2D eigenvalue weighted by atomic mass is 32.1. The molecule has 1 aromatic carbocycles. The Bertz CT molecular complexity index is 934. The van der Waals surface area contributed by atoms with Gasteiger partial charge in [0.2, 0.25) is 5.13 Å². The molecule has 26 heavy (non-hydrogen) atoms. The monoisotopic (exact) mass is 363 g/mol. The van der Waals surface area contributed by atoms with E-state index in [1.54, 1.807) is 12.4 Å². The second kappa shape index (κ2) is 7.06. The maximum absolute atomic E-state index is 9.25. The maximum atomic E-state index is 9.25. The van der Waals surface area contributed by atoms with Crippen molar-refractivity contribution in [2.24, 2.45) is 0 Å². The lowest BCUT2D eigenvalue weighted by Crippen LogP contribution is -2.52. The van der Waals surface area contributed by atoms with E-state index in [0.29, 0.717) is 11.5 Å². The molecule has 0 radical (unpaired) electrons. The molecule has 4 rings (SSSR count). The van der Waals surface area contributed by atoms with E-state index >= 15 is 0 Å². The number of aromatic nitrogens is 4. The number of hydrogen-bond donors (Lipinski definition) is 0. The van der Waals surface area contributed by atoms with Crippen LogP contribution in [-0.4, -0.2) is 45.0 Å². The van der Waals surface area contributed by atoms with E-state index in [9.17, 15) is 5.26 Å². The molecule has 0 saturated carbocycles. The van der Waals surface area contributed by atoms with Crippen molar-refractivity contribution in [3.63, 3.8) is 0 Å². The van der Waals surface area contributed by atoms with Gasteiger partial charge in [-0.3, -0.25) is 0 Å². The molecule has 0 amide bonds. The van der Waals surface area contributed by atoms with Crippen LogP contribution in [-0.2, 0) is 0 Å². The number of nitrogens with zero attached hydrogens (tertiary/aromatic N) is 7. The zero-order valence-electron chi connectivity index (χ0n) is 14.3. The summed E-state index contributed by atoms with van der Waals surface area (Å²) >= 11 is 1.43. The minimum Gasteiger partial charge on any atom is -0.350 e. The molecule has 0 bridgehead atoms. The van der Waals surface area contributed by atoms with E-state index in [0.717, 1.165) is 36.2 Å². The smallest absolute Gasteiger partial charge is 0.205 e. The normalized spacial score (nSPS) is 17.2. The summed E-state index contributed by atoms with van der Waals surface area (Å²) in [6.45, 7) is 4.47. The Kier molecular flexibility index (Phi) is 4.46. The Morgan fingerprint density at radius 3 is 2.73 bits per heavy atom. The van der Waals surface area contributed by atoms with Crippen LogP contribution in [0.5, 0.6) is 0 Å². The van der Waals surface area contributed by atoms with Gasteiger partial charge in [0.05, 0.1) is 0 Å². The van der Waals surface area contributed by atoms with Gasteiger partial charge < -0.3 is 9.80 Å². The number of rotatable bonds is 3. The molecular formula is C18H17N7S. The lowest BCUT2D eigenvalue weighted by molar-refractivity contribution is 0.545. The third-order valence-corrected chi connectivity index (χ3v) is 5.16. The van der Waals surface area contributed by atoms with Crippen molar-refractivity contribution in [1.82, 2.24) is 19.3 Å². The SMILES string of the molecule is CC1CN(c2nccnc2C#N)CCN1c1nc(-c2ccccc2)ns1. The van der Waals surface area contributed by atoms with Gasteiger partial charge in [-0.2, -0.15) is 14.6 Å². The van der Waals surface area contributed by atoms with Crippen LogP contribution in [0.25, 0.3) is 11.4 Å². The molecular weight excluding hydrogens is 346 g/mol. The van der Waals surface area contributed by atoms with Crippen LogP contribution in [0.2, 0.25) is 0 Å². The van der Waals surface area contributed by atoms with Gasteiger partial charge in [-0.1, -0.05) is 30.3 Å². The molecule has 1 unspecified atom stereocenters. The van der Waals surface area contributed by atoms with Gasteiger partial charge >= 0.3 is 0 Å². The summed E-state index contributed by atoms with van der Waals surface area (Å²) in [6.07, 6.45) is 3.18. The summed E-state index contributed by atoms with van der Waals surface area (Å²) in [7, 11) is 0. The first kappa shape index (κ1) is 16.4. The molecule has 7 nitrogen and oxygen atoms in total. The molecule has 2 aromatic heterocycles. The predicted octanol–water partition coefficient (Wildman–Crippen LogP) is 2.58. The van der Waals surface area contributed by atoms with Gasteiger partial charge in [-0.15, -0.1) is 0 Å². The van der Waals surface area contributed by atoms with Crippen LogP contribution in [0, 0.1) is 11.3 Å². The van der Waals surface area contributed by atoms with Crippen molar-refractivity contribution in [3.05, 3.63) is 48.4 Å². The minimum atomic E-state index is 0.230. The largest absolute Gasteiger partial charge is 0.350 e. The standard InChI is InChI=1S/C18H17N7S/c1-13-12-24(17-15(11-19)20-7-8-21-17)9-10-25(13)18-22-16(23-26-18)14-5-3-2-4-6-14/h2-8,13H,9-10,12H2,1H3. The molecule has 0 aliphatic carbocycles. The van der Waals surface area contributed by atoms with Gasteiger partial charge in [0.15, 0.2) is 17.3 Å². The van der Waals surface area contributed by atoms with Crippen molar-refractivity contribution < 1.29 is 0 Å². The van der Waals surface area contributed by atoms with Crippen molar-refractivity contribution in [2.45, 2.75) is 13.0 Å². The second-order valence-corrected chi connectivity index (χ2v) is 6.83. The third-order valence-electron chi connectivity index (χ3n) is 4.40. The predicted molar refractivity (Wildman–Crippen MR) is 101 cm³/mol. The Morgan fingerprint density at radius 2 is 1.96 bits per heavy atom. The summed E-state index contributed by atoms with van der Waals surface area (Å²) in [5.41, 5.74) is 1.40. The summed E-state index contributed by atoms with van der Waals surface area (Å²) in [5.74, 6) is 1.42. The van der Waals surface area contributed by atoms with E-state index < -0.39 is 0 Å². The van der Waals surface area contributed by atoms with Gasteiger partial charge in [-0.25, -0.2) is 9.97 Å². The minimum absolute atomic E-state index is 0.230. The molecule has 130 valence electrons. The van der Waals surface area contributed by atoms with Gasteiger partial charge in [0.25, 0.3) is 0 Å². The van der Waals surface area contributed by atoms with E-state index in [1.165, 1.54) is 11.5 Å². The maximum Gasteiger partial charge on any atom is 0.205 e. The fourth-order valence-electron chi connectivity index (χ4n) is 3.11. The molecule has 0 spiro atoms. The molecule has 1 saturated heterocycles. The zero-order valence-corrected chi connectivity index (χ0v) is 15.1. The fraction of sp³-hybridized carbons (Fsp3) is 0.278. The van der Waals surface area contributed by atoms with Gasteiger partial charge in [0, 0.05) is 55.2 Å². The first-order valence-electron chi connectivity index (χ1n) is 8.38. The van der Waals surface area contributed by atoms with Crippen LogP contribution in [0.4, 0.5) is 10.9 Å². The average Bonchev–Trinajstić information content (AvgIpc) is 3.18. The van der Waals surface area contributed by atoms with Crippen LogP contribution in [0.15, 0.2) is 42.7 Å². The number of benzene rings is 1. The molecule has 1 atom stereocenters. The van der Waals surface area contributed by atoms with Crippen LogP contribution in [0.3, 0.4) is 0 Å². The molecule has 1 fully saturated rings. The quantitative estimate of drug-likeness (QED) is 0.707. The highest BCUT2D eigenvalue weighted by molar-refractivity contribution is 7.09. The number of hydrogen-bond acceptors (Lipinski definition) is 8. The van der Waals surface area contributed by atoms with E-state index in [-0.39, 0.29) is 6.04 Å². The third kappa shape index (κ3) is 3.09. The lowest BCUT2D eigenvalue weighted by Gasteiger charge is -2.40. The van der Waals surface area contributed by atoms with E-state index in [4.69, 9.17) is 4.98 Å². The van der Waals surface area contributed by atoms with Crippen molar-refractivity contribution in [2.75, 3.05) is 29.4 Å². The Hall–Kier alpha value is -3.05. The van der Waals surface area contributed by atoms with Crippen molar-refractivity contribution >= 4 is 22.5 Å². The topological polar surface area (TPSA) is 81.8 Å². The van der Waals surface area contributed by atoms with E-state index in [2.05, 4.69) is 37.1 Å². The van der Waals surface area contributed by atoms with E-state index in [1.807, 2.05) is 30.3 Å². The molecule has 1 aliphatic rings. The Labute approximate surface area is 155 Å². The Morgan fingerprint density at radius 1 is 1.15 bits per heavy atom. The first-order chi connectivity index (χ1) is 12.8. The van der Waals surface area contributed by atoms with Gasteiger partial charge in [-0.05, 0) is 6.92 Å². The average molecular weight is 363 g/mol. The first-order valence-corrected chi connectivity index (χ1v) is 9.15. The fourth-order valence-corrected chi connectivity index (χ4v) is 3.93. The van der Waals surface area contributed by atoms with Crippen molar-refractivity contribution in [3.8, 4) is 17.5 Å². The molecule has 0 N–H and O–H groups in total. The summed E-state index contributed by atoms with van der Waals surface area (Å²) in [4.78, 5) is 17.6. The zero-order chi connectivity index (χ0) is 17.9. The molecule has 1 aliphatic heterocycles. The number of piperazine rings is 1. The molecule has 3 heterocycles. The van der Waals surface area contributed by atoms with Crippen LogP contribution < -0.4 is 9.80 Å². The molecule has 3 aromatic rings. The summed E-state index contributed by atoms with van der Waals surface area (Å²) in [5, 5.41) is 10.2. The van der Waals surface area contributed by atoms with Crippen LogP contribution in [0.1, 0.15) is 12.6 Å². The molecule has 8 heteroatoms. The van der Waals surface area contributed by atoms with Crippen molar-refractivity contribution in [1.29, 1.82) is 5.26 Å². The van der Waals surface area contributed by atoms with Crippen LogP contribution >= 0.6 is 11.5 Å². The second-order valence-electron chi connectivity index (χ2n) is 6.10. The number of anilines is 2. The van der Waals surface area contributed by atoms with Gasteiger partial charge in [0.1, 0.15) is 6.07 Å². The summed E-state index contributed by atoms with van der Waals surface area (Å²) in [6, 6.07) is 12.4. The Balaban J connectivity index is 1.51.